The van der Waals surface area contributed by atoms with Gasteiger partial charge in [0.15, 0.2) is 5.82 Å². The molecule has 6 heteroatoms. The van der Waals surface area contributed by atoms with Crippen molar-refractivity contribution < 1.29 is 9.26 Å². The summed E-state index contributed by atoms with van der Waals surface area (Å²) in [6, 6.07) is 5.64. The van der Waals surface area contributed by atoms with E-state index in [-0.39, 0.29) is 6.10 Å². The molecule has 20 heavy (non-hydrogen) atoms. The third-order valence-corrected chi connectivity index (χ3v) is 4.13. The van der Waals surface area contributed by atoms with Gasteiger partial charge in [-0.05, 0) is 47.3 Å². The molecule has 1 aromatic carbocycles. The first-order valence-corrected chi connectivity index (χ1v) is 7.52. The summed E-state index contributed by atoms with van der Waals surface area (Å²) in [7, 11) is 0. The van der Waals surface area contributed by atoms with E-state index in [1.165, 1.54) is 6.42 Å². The van der Waals surface area contributed by atoms with Gasteiger partial charge in [0.05, 0.1) is 17.4 Å². The van der Waals surface area contributed by atoms with Gasteiger partial charge in [-0.25, -0.2) is 0 Å². The molecular weight excluding hydrogens is 322 g/mol. The number of rotatable bonds is 3. The zero-order valence-electron chi connectivity index (χ0n) is 11.0. The fourth-order valence-corrected chi connectivity index (χ4v) is 2.71. The average molecular weight is 338 g/mol. The number of aromatic nitrogens is 2. The van der Waals surface area contributed by atoms with Crippen molar-refractivity contribution in [2.75, 3.05) is 12.3 Å². The zero-order chi connectivity index (χ0) is 13.9. The number of anilines is 1. The van der Waals surface area contributed by atoms with Crippen LogP contribution in [0.15, 0.2) is 27.2 Å². The molecule has 3 rings (SSSR count). The fourth-order valence-electron chi connectivity index (χ4n) is 2.34. The Bertz CT molecular complexity index is 594. The number of halogens is 1. The fraction of sp³-hybridized carbons (Fsp3) is 0.429. The Balaban J connectivity index is 1.77. The van der Waals surface area contributed by atoms with E-state index >= 15 is 0 Å². The number of ether oxygens (including phenoxy) is 1. The Hall–Kier alpha value is -1.40. The standard InChI is InChI=1S/C14H16BrN3O2/c15-11-6-3-5-10(13(11)16)14-17-12(18-20-14)8-9-4-1-2-7-19-9/h3,5-6,9H,1-2,4,7-8,16H2. The molecule has 0 bridgehead atoms. The lowest BCUT2D eigenvalue weighted by molar-refractivity contribution is 0.0153. The summed E-state index contributed by atoms with van der Waals surface area (Å²) >= 11 is 3.39. The molecule has 5 nitrogen and oxygen atoms in total. The monoisotopic (exact) mass is 337 g/mol. The molecule has 1 aliphatic rings. The van der Waals surface area contributed by atoms with E-state index in [4.69, 9.17) is 15.0 Å². The van der Waals surface area contributed by atoms with Crippen LogP contribution in [0.2, 0.25) is 0 Å². The highest BCUT2D eigenvalue weighted by Crippen LogP contribution is 2.30. The number of hydrogen-bond donors (Lipinski definition) is 1. The van der Waals surface area contributed by atoms with Crippen molar-refractivity contribution in [3.05, 3.63) is 28.5 Å². The van der Waals surface area contributed by atoms with Crippen LogP contribution in [0.5, 0.6) is 0 Å². The minimum Gasteiger partial charge on any atom is -0.397 e. The summed E-state index contributed by atoms with van der Waals surface area (Å²) in [4.78, 5) is 4.42. The predicted molar refractivity (Wildman–Crippen MR) is 79.1 cm³/mol. The summed E-state index contributed by atoms with van der Waals surface area (Å²) in [5.74, 6) is 1.13. The number of nitrogens with two attached hydrogens (primary N) is 1. The first-order chi connectivity index (χ1) is 9.74. The highest BCUT2D eigenvalue weighted by molar-refractivity contribution is 9.10. The normalized spacial score (nSPS) is 19.1. The molecule has 106 valence electrons. The Kier molecular flexibility index (Phi) is 4.03. The van der Waals surface area contributed by atoms with Crippen molar-refractivity contribution >= 4 is 21.6 Å². The quantitative estimate of drug-likeness (QED) is 0.870. The second-order valence-electron chi connectivity index (χ2n) is 4.91. The molecule has 0 radical (unpaired) electrons. The Morgan fingerprint density at radius 1 is 1.35 bits per heavy atom. The molecule has 1 unspecified atom stereocenters. The molecule has 1 aromatic heterocycles. The summed E-state index contributed by atoms with van der Waals surface area (Å²) in [6.45, 7) is 0.827. The maximum Gasteiger partial charge on any atom is 0.260 e. The van der Waals surface area contributed by atoms with Crippen LogP contribution in [0.4, 0.5) is 5.69 Å². The van der Waals surface area contributed by atoms with Crippen LogP contribution >= 0.6 is 15.9 Å². The van der Waals surface area contributed by atoms with E-state index in [0.717, 1.165) is 29.5 Å². The van der Waals surface area contributed by atoms with Gasteiger partial charge in [-0.2, -0.15) is 4.98 Å². The molecule has 1 saturated heterocycles. The van der Waals surface area contributed by atoms with Crippen molar-refractivity contribution in [2.45, 2.75) is 31.8 Å². The van der Waals surface area contributed by atoms with Gasteiger partial charge in [0.1, 0.15) is 0 Å². The molecule has 1 atom stereocenters. The first kappa shape index (κ1) is 13.6. The van der Waals surface area contributed by atoms with Crippen LogP contribution in [-0.2, 0) is 11.2 Å². The van der Waals surface area contributed by atoms with Gasteiger partial charge in [0.2, 0.25) is 0 Å². The predicted octanol–water partition coefficient (Wildman–Crippen LogP) is 3.19. The summed E-state index contributed by atoms with van der Waals surface area (Å²) < 4.78 is 11.8. The van der Waals surface area contributed by atoms with Gasteiger partial charge in [-0.3, -0.25) is 0 Å². The average Bonchev–Trinajstić information content (AvgIpc) is 2.91. The number of hydrogen-bond acceptors (Lipinski definition) is 5. The molecule has 0 saturated carbocycles. The van der Waals surface area contributed by atoms with Crippen molar-refractivity contribution in [3.63, 3.8) is 0 Å². The maximum absolute atomic E-state index is 6.01. The van der Waals surface area contributed by atoms with Gasteiger partial charge in [0.25, 0.3) is 5.89 Å². The van der Waals surface area contributed by atoms with E-state index in [1.807, 2.05) is 18.2 Å². The molecule has 0 aliphatic carbocycles. The largest absolute Gasteiger partial charge is 0.397 e. The minimum atomic E-state index is 0.203. The Morgan fingerprint density at radius 3 is 3.05 bits per heavy atom. The molecule has 2 aromatic rings. The Labute approximate surface area is 125 Å². The van der Waals surface area contributed by atoms with Crippen LogP contribution in [-0.4, -0.2) is 22.9 Å². The van der Waals surface area contributed by atoms with Gasteiger partial charge in [-0.1, -0.05) is 11.2 Å². The number of nitrogen functional groups attached to an aromatic ring is 1. The van der Waals surface area contributed by atoms with Gasteiger partial charge < -0.3 is 15.0 Å². The second-order valence-corrected chi connectivity index (χ2v) is 5.76. The number of benzene rings is 1. The summed E-state index contributed by atoms with van der Waals surface area (Å²) in [5.41, 5.74) is 7.37. The Morgan fingerprint density at radius 2 is 2.25 bits per heavy atom. The molecule has 1 fully saturated rings. The SMILES string of the molecule is Nc1c(Br)cccc1-c1nc(CC2CCCCO2)no1. The lowest BCUT2D eigenvalue weighted by Crippen LogP contribution is -2.21. The topological polar surface area (TPSA) is 74.2 Å². The summed E-state index contributed by atoms with van der Waals surface area (Å²) in [5, 5.41) is 4.02. The number of para-hydroxylation sites is 1. The van der Waals surface area contributed by atoms with Crippen molar-refractivity contribution in [2.24, 2.45) is 0 Å². The van der Waals surface area contributed by atoms with Crippen molar-refractivity contribution in [3.8, 4) is 11.5 Å². The highest BCUT2D eigenvalue weighted by atomic mass is 79.9. The molecule has 0 spiro atoms. The van der Waals surface area contributed by atoms with E-state index in [2.05, 4.69) is 26.1 Å². The van der Waals surface area contributed by atoms with Crippen LogP contribution in [0, 0.1) is 0 Å². The van der Waals surface area contributed by atoms with Gasteiger partial charge >= 0.3 is 0 Å². The van der Waals surface area contributed by atoms with Crippen molar-refractivity contribution in [1.29, 1.82) is 0 Å². The van der Waals surface area contributed by atoms with Crippen molar-refractivity contribution in [1.82, 2.24) is 10.1 Å². The second kappa shape index (κ2) is 5.93. The maximum atomic E-state index is 6.01. The van der Waals surface area contributed by atoms with Crippen LogP contribution in [0.25, 0.3) is 11.5 Å². The third-order valence-electron chi connectivity index (χ3n) is 3.44. The smallest absolute Gasteiger partial charge is 0.260 e. The minimum absolute atomic E-state index is 0.203. The highest BCUT2D eigenvalue weighted by Gasteiger charge is 2.19. The van der Waals surface area contributed by atoms with Crippen LogP contribution in [0.1, 0.15) is 25.1 Å². The molecule has 2 heterocycles. The molecule has 1 aliphatic heterocycles. The number of nitrogens with zero attached hydrogens (tertiary/aromatic N) is 2. The lowest BCUT2D eigenvalue weighted by Gasteiger charge is -2.20. The van der Waals surface area contributed by atoms with Crippen LogP contribution in [0.3, 0.4) is 0 Å². The summed E-state index contributed by atoms with van der Waals surface area (Å²) in [6.07, 6.45) is 4.30. The molecule has 0 amide bonds. The van der Waals surface area contributed by atoms with Crippen LogP contribution < -0.4 is 5.73 Å². The zero-order valence-corrected chi connectivity index (χ0v) is 12.6. The lowest BCUT2D eigenvalue weighted by atomic mass is 10.1. The molecular formula is C14H16BrN3O2. The van der Waals surface area contributed by atoms with Gasteiger partial charge in [0, 0.05) is 17.5 Å². The molecule has 2 N–H and O–H groups in total. The van der Waals surface area contributed by atoms with E-state index in [1.54, 1.807) is 0 Å². The van der Waals surface area contributed by atoms with E-state index < -0.39 is 0 Å². The van der Waals surface area contributed by atoms with E-state index in [0.29, 0.717) is 23.8 Å². The van der Waals surface area contributed by atoms with E-state index in [9.17, 15) is 0 Å². The first-order valence-electron chi connectivity index (χ1n) is 6.72. The van der Waals surface area contributed by atoms with Gasteiger partial charge in [-0.15, -0.1) is 0 Å². The third kappa shape index (κ3) is 2.86.